The molecule has 1 aromatic heterocycles. The molecule has 8 heteroatoms. The molecule has 1 saturated carbocycles. The van der Waals surface area contributed by atoms with Crippen molar-refractivity contribution in [3.63, 3.8) is 0 Å². The average Bonchev–Trinajstić information content (AvgIpc) is 2.93. The van der Waals surface area contributed by atoms with E-state index in [0.717, 1.165) is 19.4 Å². The third-order valence-electron chi connectivity index (χ3n) is 7.58. The van der Waals surface area contributed by atoms with Gasteiger partial charge < -0.3 is 20.4 Å². The Hall–Kier alpha value is -2.64. The first-order chi connectivity index (χ1) is 15.0. The Morgan fingerprint density at radius 3 is 2.84 bits per heavy atom. The lowest BCUT2D eigenvalue weighted by Gasteiger charge is -2.44. The number of hydrogen-bond acceptors (Lipinski definition) is 5. The van der Waals surface area contributed by atoms with Crippen molar-refractivity contribution in [1.29, 1.82) is 0 Å². The number of pyridine rings is 1. The van der Waals surface area contributed by atoms with Crippen LogP contribution in [0.4, 0.5) is 5.82 Å². The lowest BCUT2D eigenvalue weighted by atomic mass is 9.78. The number of nitrogens with zero attached hydrogens (tertiary/aromatic N) is 3. The third kappa shape index (κ3) is 3.88. The summed E-state index contributed by atoms with van der Waals surface area (Å²) < 4.78 is 0. The highest BCUT2D eigenvalue weighted by molar-refractivity contribution is 6.01. The maximum absolute atomic E-state index is 13.2. The van der Waals surface area contributed by atoms with Gasteiger partial charge in [0.25, 0.3) is 5.91 Å². The highest BCUT2D eigenvalue weighted by atomic mass is 16.2. The van der Waals surface area contributed by atoms with E-state index in [0.29, 0.717) is 42.7 Å². The first-order valence-corrected chi connectivity index (χ1v) is 11.7. The molecule has 1 aliphatic carbocycles. The van der Waals surface area contributed by atoms with Crippen molar-refractivity contribution in [2.75, 3.05) is 25.0 Å². The van der Waals surface area contributed by atoms with Gasteiger partial charge in [-0.15, -0.1) is 0 Å². The number of amides is 3. The lowest BCUT2D eigenvalue weighted by Crippen LogP contribution is -2.58. The Morgan fingerprint density at radius 1 is 1.10 bits per heavy atom. The topological polar surface area (TPSA) is 94.6 Å². The quantitative estimate of drug-likeness (QED) is 0.757. The van der Waals surface area contributed by atoms with E-state index in [-0.39, 0.29) is 30.7 Å². The number of fused-ring (bicyclic) bond motifs is 2. The zero-order valence-electron chi connectivity index (χ0n) is 17.9. The molecule has 1 aromatic rings. The molecular formula is C23H31N5O3. The molecule has 0 aromatic carbocycles. The van der Waals surface area contributed by atoms with Crippen LogP contribution in [0.1, 0.15) is 68.1 Å². The van der Waals surface area contributed by atoms with Crippen LogP contribution in [-0.2, 0) is 9.59 Å². The molecule has 31 heavy (non-hydrogen) atoms. The van der Waals surface area contributed by atoms with Crippen molar-refractivity contribution < 1.29 is 14.4 Å². The van der Waals surface area contributed by atoms with Gasteiger partial charge >= 0.3 is 0 Å². The van der Waals surface area contributed by atoms with E-state index in [4.69, 9.17) is 0 Å². The van der Waals surface area contributed by atoms with Crippen LogP contribution in [0, 0.1) is 5.92 Å². The summed E-state index contributed by atoms with van der Waals surface area (Å²) in [7, 11) is 0. The maximum atomic E-state index is 13.2. The van der Waals surface area contributed by atoms with E-state index < -0.39 is 5.66 Å². The van der Waals surface area contributed by atoms with Crippen LogP contribution in [0.2, 0.25) is 0 Å². The molecule has 5 rings (SSSR count). The summed E-state index contributed by atoms with van der Waals surface area (Å²) in [5.41, 5.74) is -0.186. The molecule has 4 heterocycles. The molecule has 1 spiro atoms. The lowest BCUT2D eigenvalue weighted by molar-refractivity contribution is -0.144. The monoisotopic (exact) mass is 425 g/mol. The molecule has 2 N–H and O–H groups in total. The number of piperidine rings is 1. The zero-order chi connectivity index (χ0) is 21.4. The van der Waals surface area contributed by atoms with Gasteiger partial charge in [-0.25, -0.2) is 4.98 Å². The minimum Gasteiger partial charge on any atom is -0.347 e. The van der Waals surface area contributed by atoms with Crippen LogP contribution >= 0.6 is 0 Å². The molecule has 0 bridgehead atoms. The van der Waals surface area contributed by atoms with E-state index in [1.54, 1.807) is 23.2 Å². The predicted octanol–water partition coefficient (Wildman–Crippen LogP) is 2.13. The van der Waals surface area contributed by atoms with Gasteiger partial charge in [-0.2, -0.15) is 0 Å². The van der Waals surface area contributed by atoms with Gasteiger partial charge in [-0.3, -0.25) is 14.4 Å². The molecule has 0 radical (unpaired) electrons. The van der Waals surface area contributed by atoms with Crippen LogP contribution in [0.25, 0.3) is 0 Å². The standard InChI is InChI=1S/C23H31N5O3/c29-19-9-10-23(25-21-17(22(31)26-23)7-3-12-24-21)11-14-27(19)15-20(30)28-13-4-6-16-5-1-2-8-18(16)28/h3,7,12,16,18H,1-2,4-6,8-11,13-15H2,(H,24,25)(H,26,31). The van der Waals surface area contributed by atoms with Gasteiger partial charge in [-0.05, 0) is 50.2 Å². The van der Waals surface area contributed by atoms with Gasteiger partial charge in [0.2, 0.25) is 11.8 Å². The molecule has 166 valence electrons. The number of rotatable bonds is 2. The largest absolute Gasteiger partial charge is 0.347 e. The molecule has 3 atom stereocenters. The number of carbonyl (C=O) groups excluding carboxylic acids is 3. The van der Waals surface area contributed by atoms with E-state index in [9.17, 15) is 14.4 Å². The van der Waals surface area contributed by atoms with E-state index >= 15 is 0 Å². The van der Waals surface area contributed by atoms with Crippen LogP contribution in [-0.4, -0.2) is 63.8 Å². The molecule has 3 amide bonds. The van der Waals surface area contributed by atoms with Crippen molar-refractivity contribution in [2.45, 2.75) is 69.5 Å². The van der Waals surface area contributed by atoms with Gasteiger partial charge in [0, 0.05) is 38.2 Å². The average molecular weight is 426 g/mol. The second kappa shape index (κ2) is 8.13. The van der Waals surface area contributed by atoms with Crippen LogP contribution in [0.15, 0.2) is 18.3 Å². The fraction of sp³-hybridized carbons (Fsp3) is 0.652. The van der Waals surface area contributed by atoms with Gasteiger partial charge in [0.1, 0.15) is 11.5 Å². The summed E-state index contributed by atoms with van der Waals surface area (Å²) in [6.07, 6.45) is 10.0. The second-order valence-electron chi connectivity index (χ2n) is 9.47. The summed E-state index contributed by atoms with van der Waals surface area (Å²) >= 11 is 0. The summed E-state index contributed by atoms with van der Waals surface area (Å²) in [5.74, 6) is 1.07. The van der Waals surface area contributed by atoms with Crippen molar-refractivity contribution in [3.8, 4) is 0 Å². The van der Waals surface area contributed by atoms with E-state index in [2.05, 4.69) is 20.5 Å². The first-order valence-electron chi connectivity index (χ1n) is 11.7. The first kappa shape index (κ1) is 20.3. The number of likely N-dealkylation sites (tertiary alicyclic amines) is 2. The van der Waals surface area contributed by atoms with Gasteiger partial charge in [0.15, 0.2) is 0 Å². The number of hydrogen-bond donors (Lipinski definition) is 2. The summed E-state index contributed by atoms with van der Waals surface area (Å²) in [4.78, 5) is 46.7. The maximum Gasteiger partial charge on any atom is 0.256 e. The fourth-order valence-corrected chi connectivity index (χ4v) is 5.89. The zero-order valence-corrected chi connectivity index (χ0v) is 17.9. The fourth-order valence-electron chi connectivity index (χ4n) is 5.89. The molecular weight excluding hydrogens is 394 g/mol. The highest BCUT2D eigenvalue weighted by Gasteiger charge is 2.42. The third-order valence-corrected chi connectivity index (χ3v) is 7.58. The minimum absolute atomic E-state index is 0.0229. The molecule has 3 fully saturated rings. The Labute approximate surface area is 182 Å². The summed E-state index contributed by atoms with van der Waals surface area (Å²) in [5, 5.41) is 6.42. The smallest absolute Gasteiger partial charge is 0.256 e. The molecule has 3 unspecified atom stereocenters. The number of carbonyl (C=O) groups is 3. The van der Waals surface area contributed by atoms with Gasteiger partial charge in [-0.1, -0.05) is 12.8 Å². The number of aromatic nitrogens is 1. The highest BCUT2D eigenvalue weighted by Crippen LogP contribution is 2.35. The van der Waals surface area contributed by atoms with Crippen LogP contribution in [0.3, 0.4) is 0 Å². The normalized spacial score (nSPS) is 30.7. The SMILES string of the molecule is O=C1NC2(CCC(=O)N(CC(=O)N3CCCC4CCCCC43)CC2)Nc2ncccc21. The number of nitrogens with one attached hydrogen (secondary N) is 2. The molecule has 8 nitrogen and oxygen atoms in total. The van der Waals surface area contributed by atoms with E-state index in [1.807, 2.05) is 0 Å². The Morgan fingerprint density at radius 2 is 1.94 bits per heavy atom. The summed E-state index contributed by atoms with van der Waals surface area (Å²) in [6, 6.07) is 3.83. The van der Waals surface area contributed by atoms with Crippen LogP contribution in [0.5, 0.6) is 0 Å². The van der Waals surface area contributed by atoms with Crippen molar-refractivity contribution >= 4 is 23.5 Å². The Balaban J connectivity index is 1.26. The number of anilines is 1. The summed E-state index contributed by atoms with van der Waals surface area (Å²) in [6.45, 7) is 1.38. The minimum atomic E-state index is -0.703. The van der Waals surface area contributed by atoms with Gasteiger partial charge in [0.05, 0.1) is 12.1 Å². The van der Waals surface area contributed by atoms with Crippen molar-refractivity contribution in [1.82, 2.24) is 20.1 Å². The van der Waals surface area contributed by atoms with E-state index in [1.165, 1.54) is 25.7 Å². The molecule has 2 saturated heterocycles. The van der Waals surface area contributed by atoms with Crippen molar-refractivity contribution in [2.24, 2.45) is 5.92 Å². The second-order valence-corrected chi connectivity index (χ2v) is 9.47. The molecule has 4 aliphatic rings. The Kier molecular flexibility index (Phi) is 5.32. The predicted molar refractivity (Wildman–Crippen MR) is 115 cm³/mol. The Bertz CT molecular complexity index is 888. The van der Waals surface area contributed by atoms with Crippen LogP contribution < -0.4 is 10.6 Å². The molecule has 3 aliphatic heterocycles. The van der Waals surface area contributed by atoms with Crippen molar-refractivity contribution in [3.05, 3.63) is 23.9 Å².